The van der Waals surface area contributed by atoms with Gasteiger partial charge in [-0.05, 0) is 37.2 Å². The van der Waals surface area contributed by atoms with Gasteiger partial charge in [-0.2, -0.15) is 0 Å². The Hall–Kier alpha value is -1.63. The topological polar surface area (TPSA) is 82.0 Å². The molecule has 1 aromatic carbocycles. The number of anilines is 1. The number of hydrogen-bond donors (Lipinski definition) is 3. The zero-order chi connectivity index (χ0) is 16.4. The number of hydrogen-bond acceptors (Lipinski definition) is 5. The Kier molecular flexibility index (Phi) is 8.50. The summed E-state index contributed by atoms with van der Waals surface area (Å²) >= 11 is 0. The van der Waals surface area contributed by atoms with Crippen LogP contribution in [0.2, 0.25) is 0 Å². The Balaban J connectivity index is 2.39. The second-order valence-corrected chi connectivity index (χ2v) is 5.19. The van der Waals surface area contributed by atoms with E-state index in [1.807, 2.05) is 4.90 Å². The molecule has 22 heavy (non-hydrogen) atoms. The third kappa shape index (κ3) is 7.40. The lowest BCUT2D eigenvalue weighted by atomic mass is 10.3. The number of rotatable bonds is 10. The van der Waals surface area contributed by atoms with Crippen molar-refractivity contribution in [2.24, 2.45) is 0 Å². The lowest BCUT2D eigenvalue weighted by molar-refractivity contribution is -0.114. The van der Waals surface area contributed by atoms with Gasteiger partial charge in [-0.3, -0.25) is 9.69 Å². The van der Waals surface area contributed by atoms with Crippen LogP contribution in [0.1, 0.15) is 20.3 Å². The Morgan fingerprint density at radius 3 is 2.55 bits per heavy atom. The van der Waals surface area contributed by atoms with Gasteiger partial charge in [0.1, 0.15) is 18.5 Å². The predicted molar refractivity (Wildman–Crippen MR) is 86.1 cm³/mol. The summed E-state index contributed by atoms with van der Waals surface area (Å²) < 4.78 is 5.53. The van der Waals surface area contributed by atoms with E-state index in [1.165, 1.54) is 6.92 Å². The van der Waals surface area contributed by atoms with Crippen molar-refractivity contribution in [3.8, 4) is 5.75 Å². The maximum atomic E-state index is 10.9. The standard InChI is InChI=1S/C16H26N2O4/c1-3-8-18(9-10-19)11-15(21)12-22-16-6-4-14(5-7-16)17-13(2)20/h4-7,15,19,21H,3,8-12H2,1-2H3,(H,17,20)/t15-/m1/s1. The normalized spacial score (nSPS) is 12.2. The molecular weight excluding hydrogens is 284 g/mol. The summed E-state index contributed by atoms with van der Waals surface area (Å²) in [6.07, 6.45) is 0.353. The van der Waals surface area contributed by atoms with Crippen LogP contribution in [0.5, 0.6) is 5.75 Å². The van der Waals surface area contributed by atoms with E-state index in [1.54, 1.807) is 24.3 Å². The van der Waals surface area contributed by atoms with Crippen molar-refractivity contribution < 1.29 is 19.7 Å². The first-order valence-corrected chi connectivity index (χ1v) is 7.57. The molecule has 1 rings (SSSR count). The minimum atomic E-state index is -0.617. The second-order valence-electron chi connectivity index (χ2n) is 5.19. The summed E-state index contributed by atoms with van der Waals surface area (Å²) in [7, 11) is 0. The molecule has 0 radical (unpaired) electrons. The largest absolute Gasteiger partial charge is 0.491 e. The van der Waals surface area contributed by atoms with Gasteiger partial charge in [0.25, 0.3) is 0 Å². The van der Waals surface area contributed by atoms with Gasteiger partial charge in [-0.1, -0.05) is 6.92 Å². The minimum Gasteiger partial charge on any atom is -0.491 e. The summed E-state index contributed by atoms with van der Waals surface area (Å²) in [5, 5.41) is 21.7. The number of benzene rings is 1. The van der Waals surface area contributed by atoms with E-state index >= 15 is 0 Å². The monoisotopic (exact) mass is 310 g/mol. The molecule has 1 atom stereocenters. The molecule has 0 aliphatic rings. The number of carbonyl (C=O) groups excluding carboxylic acids is 1. The smallest absolute Gasteiger partial charge is 0.221 e. The molecule has 0 spiro atoms. The van der Waals surface area contributed by atoms with Crippen LogP contribution < -0.4 is 10.1 Å². The van der Waals surface area contributed by atoms with Crippen molar-refractivity contribution in [3.63, 3.8) is 0 Å². The van der Waals surface area contributed by atoms with Crippen molar-refractivity contribution in [1.29, 1.82) is 0 Å². The van der Waals surface area contributed by atoms with Crippen molar-refractivity contribution in [1.82, 2.24) is 4.90 Å². The summed E-state index contributed by atoms with van der Waals surface area (Å²) in [4.78, 5) is 12.9. The third-order valence-corrected chi connectivity index (χ3v) is 3.04. The van der Waals surface area contributed by atoms with Gasteiger partial charge >= 0.3 is 0 Å². The van der Waals surface area contributed by atoms with Crippen LogP contribution in [-0.4, -0.2) is 60.0 Å². The van der Waals surface area contributed by atoms with Gasteiger partial charge in [0.2, 0.25) is 5.91 Å². The minimum absolute atomic E-state index is 0.0815. The molecule has 124 valence electrons. The number of aliphatic hydroxyl groups excluding tert-OH is 2. The highest BCUT2D eigenvalue weighted by Crippen LogP contribution is 2.15. The van der Waals surface area contributed by atoms with Gasteiger partial charge in [-0.15, -0.1) is 0 Å². The average Bonchev–Trinajstić information content (AvgIpc) is 2.46. The molecule has 0 aliphatic carbocycles. The van der Waals surface area contributed by atoms with Crippen LogP contribution in [0.4, 0.5) is 5.69 Å². The first-order chi connectivity index (χ1) is 10.5. The summed E-state index contributed by atoms with van der Waals surface area (Å²) in [6, 6.07) is 6.99. The number of nitrogens with one attached hydrogen (secondary N) is 1. The van der Waals surface area contributed by atoms with Crippen LogP contribution in [0, 0.1) is 0 Å². The van der Waals surface area contributed by atoms with E-state index < -0.39 is 6.10 Å². The van der Waals surface area contributed by atoms with Crippen molar-refractivity contribution >= 4 is 11.6 Å². The van der Waals surface area contributed by atoms with Crippen molar-refractivity contribution in [3.05, 3.63) is 24.3 Å². The highest BCUT2D eigenvalue weighted by Gasteiger charge is 2.11. The van der Waals surface area contributed by atoms with E-state index in [4.69, 9.17) is 9.84 Å². The molecule has 1 aromatic rings. The lowest BCUT2D eigenvalue weighted by Gasteiger charge is -2.23. The predicted octanol–water partition coefficient (Wildman–Crippen LogP) is 1.09. The van der Waals surface area contributed by atoms with Crippen LogP contribution in [-0.2, 0) is 4.79 Å². The van der Waals surface area contributed by atoms with E-state index in [0.717, 1.165) is 13.0 Å². The van der Waals surface area contributed by atoms with Crippen LogP contribution >= 0.6 is 0 Å². The molecule has 0 saturated carbocycles. The first kappa shape index (κ1) is 18.4. The number of aliphatic hydroxyl groups is 2. The van der Waals surface area contributed by atoms with Crippen LogP contribution in [0.25, 0.3) is 0 Å². The summed E-state index contributed by atoms with van der Waals surface area (Å²) in [5.41, 5.74) is 0.706. The number of ether oxygens (including phenoxy) is 1. The van der Waals surface area contributed by atoms with Crippen LogP contribution in [0.15, 0.2) is 24.3 Å². The molecule has 6 heteroatoms. The quantitative estimate of drug-likeness (QED) is 0.603. The fraction of sp³-hybridized carbons (Fsp3) is 0.562. The zero-order valence-corrected chi connectivity index (χ0v) is 13.3. The Labute approximate surface area is 131 Å². The lowest BCUT2D eigenvalue weighted by Crippen LogP contribution is -2.37. The molecule has 0 saturated heterocycles. The Morgan fingerprint density at radius 2 is 2.00 bits per heavy atom. The second kappa shape index (κ2) is 10.2. The molecule has 0 heterocycles. The highest BCUT2D eigenvalue weighted by molar-refractivity contribution is 5.88. The van der Waals surface area contributed by atoms with E-state index in [-0.39, 0.29) is 19.1 Å². The first-order valence-electron chi connectivity index (χ1n) is 7.57. The number of carbonyl (C=O) groups is 1. The maximum Gasteiger partial charge on any atom is 0.221 e. The van der Waals surface area contributed by atoms with Crippen LogP contribution in [0.3, 0.4) is 0 Å². The Bertz CT molecular complexity index is 430. The van der Waals surface area contributed by atoms with E-state index in [2.05, 4.69) is 12.2 Å². The van der Waals surface area contributed by atoms with Gasteiger partial charge in [-0.25, -0.2) is 0 Å². The van der Waals surface area contributed by atoms with Gasteiger partial charge in [0.05, 0.1) is 6.61 Å². The zero-order valence-electron chi connectivity index (χ0n) is 13.3. The number of amides is 1. The Morgan fingerprint density at radius 1 is 1.32 bits per heavy atom. The molecule has 0 unspecified atom stereocenters. The fourth-order valence-electron chi connectivity index (χ4n) is 2.13. The number of nitrogens with zero attached hydrogens (tertiary/aromatic N) is 1. The van der Waals surface area contributed by atoms with E-state index in [9.17, 15) is 9.90 Å². The molecule has 6 nitrogen and oxygen atoms in total. The van der Waals surface area contributed by atoms with Gasteiger partial charge in [0, 0.05) is 25.7 Å². The molecule has 0 fully saturated rings. The van der Waals surface area contributed by atoms with E-state index in [0.29, 0.717) is 24.5 Å². The van der Waals surface area contributed by atoms with Crippen molar-refractivity contribution in [2.75, 3.05) is 38.2 Å². The van der Waals surface area contributed by atoms with Gasteiger partial charge < -0.3 is 20.3 Å². The molecule has 0 aromatic heterocycles. The summed E-state index contributed by atoms with van der Waals surface area (Å²) in [5.74, 6) is 0.515. The maximum absolute atomic E-state index is 10.9. The molecule has 0 bridgehead atoms. The van der Waals surface area contributed by atoms with Crippen molar-refractivity contribution in [2.45, 2.75) is 26.4 Å². The fourth-order valence-corrected chi connectivity index (χ4v) is 2.13. The molecule has 3 N–H and O–H groups in total. The highest BCUT2D eigenvalue weighted by atomic mass is 16.5. The molecular formula is C16H26N2O4. The van der Waals surface area contributed by atoms with Gasteiger partial charge in [0.15, 0.2) is 0 Å². The molecule has 1 amide bonds. The molecule has 0 aliphatic heterocycles. The summed E-state index contributed by atoms with van der Waals surface area (Å²) in [6.45, 7) is 5.64. The average molecular weight is 310 g/mol. The SMILES string of the molecule is CCCN(CCO)C[C@@H](O)COc1ccc(NC(C)=O)cc1. The third-order valence-electron chi connectivity index (χ3n) is 3.04.